The minimum Gasteiger partial charge on any atom is -0.444 e. The SMILES string of the molecule is [2H]C1([2H])C(O)C(=O)C(NC(=O)OC(C)(C)C)(c2ccccc2Cl)C([2H])([2H])C1([2H])[2H]. The van der Waals surface area contributed by atoms with E-state index in [9.17, 15) is 14.7 Å². The number of halogens is 1. The van der Waals surface area contributed by atoms with Gasteiger partial charge in [-0.2, -0.15) is 0 Å². The summed E-state index contributed by atoms with van der Waals surface area (Å²) in [5, 5.41) is 12.2. The number of amides is 1. The van der Waals surface area contributed by atoms with E-state index in [4.69, 9.17) is 24.6 Å². The number of ketones is 1. The first-order valence-corrected chi connectivity index (χ1v) is 7.30. The fraction of sp³-hybridized carbons (Fsp3) is 0.529. The molecule has 1 aromatic rings. The van der Waals surface area contributed by atoms with Crippen LogP contribution in [0.2, 0.25) is 5.02 Å². The number of benzene rings is 1. The van der Waals surface area contributed by atoms with Gasteiger partial charge in [0, 0.05) is 18.8 Å². The number of Topliss-reactive ketones (excluding diaryl/α,β-unsaturated/α-hetero) is 1. The van der Waals surface area contributed by atoms with Gasteiger partial charge < -0.3 is 15.2 Å². The number of rotatable bonds is 2. The van der Waals surface area contributed by atoms with Gasteiger partial charge in [-0.25, -0.2) is 4.79 Å². The number of hydrogen-bond acceptors (Lipinski definition) is 4. The number of carbonyl (C=O) groups excluding carboxylic acids is 2. The fourth-order valence-corrected chi connectivity index (χ4v) is 2.39. The third-order valence-corrected chi connectivity index (χ3v) is 3.37. The lowest BCUT2D eigenvalue weighted by Gasteiger charge is -2.39. The highest BCUT2D eigenvalue weighted by Gasteiger charge is 2.48. The van der Waals surface area contributed by atoms with Crippen molar-refractivity contribution >= 4 is 23.5 Å². The largest absolute Gasteiger partial charge is 0.444 e. The van der Waals surface area contributed by atoms with Crippen LogP contribution in [0.5, 0.6) is 0 Å². The van der Waals surface area contributed by atoms with Crippen LogP contribution in [0.15, 0.2) is 24.3 Å². The average molecular weight is 346 g/mol. The average Bonchev–Trinajstić information content (AvgIpc) is 2.56. The Bertz CT molecular complexity index is 841. The van der Waals surface area contributed by atoms with Crippen molar-refractivity contribution < 1.29 is 27.7 Å². The second-order valence-corrected chi connectivity index (χ2v) is 6.43. The zero-order valence-corrected chi connectivity index (χ0v) is 13.7. The van der Waals surface area contributed by atoms with Gasteiger partial charge in [0.25, 0.3) is 0 Å². The molecule has 126 valence electrons. The zero-order valence-electron chi connectivity index (χ0n) is 18.9. The van der Waals surface area contributed by atoms with Crippen molar-refractivity contribution in [2.24, 2.45) is 0 Å². The van der Waals surface area contributed by atoms with Crippen LogP contribution in [0.3, 0.4) is 0 Å². The monoisotopic (exact) mass is 345 g/mol. The normalized spacial score (nSPS) is 35.5. The lowest BCUT2D eigenvalue weighted by molar-refractivity contribution is -0.137. The highest BCUT2D eigenvalue weighted by atomic mass is 35.5. The summed E-state index contributed by atoms with van der Waals surface area (Å²) < 4.78 is 54.0. The molecule has 0 saturated heterocycles. The molecule has 1 aliphatic rings. The molecular formula is C17H22ClNO4. The Morgan fingerprint density at radius 1 is 1.48 bits per heavy atom. The molecular weight excluding hydrogens is 318 g/mol. The third-order valence-electron chi connectivity index (χ3n) is 3.04. The highest BCUT2D eigenvalue weighted by molar-refractivity contribution is 6.31. The Labute approximate surface area is 149 Å². The maximum atomic E-state index is 13.2. The first kappa shape index (κ1) is 11.0. The van der Waals surface area contributed by atoms with Crippen molar-refractivity contribution in [3.05, 3.63) is 34.9 Å². The van der Waals surface area contributed by atoms with E-state index < -0.39 is 48.2 Å². The number of aliphatic hydroxyl groups excluding tert-OH is 1. The van der Waals surface area contributed by atoms with E-state index in [1.54, 1.807) is 0 Å². The van der Waals surface area contributed by atoms with Crippen molar-refractivity contribution in [1.82, 2.24) is 5.32 Å². The Kier molecular flexibility index (Phi) is 3.12. The topological polar surface area (TPSA) is 75.6 Å². The van der Waals surface area contributed by atoms with Gasteiger partial charge in [0.1, 0.15) is 17.2 Å². The maximum Gasteiger partial charge on any atom is 0.408 e. The van der Waals surface area contributed by atoms with Crippen molar-refractivity contribution in [2.75, 3.05) is 0 Å². The molecule has 0 radical (unpaired) electrons. The molecule has 0 bridgehead atoms. The summed E-state index contributed by atoms with van der Waals surface area (Å²) in [7, 11) is 0. The molecule has 0 spiro atoms. The summed E-state index contributed by atoms with van der Waals surface area (Å²) in [4.78, 5) is 25.7. The number of alkyl carbamates (subject to hydrolysis) is 1. The van der Waals surface area contributed by atoms with Gasteiger partial charge in [-0.1, -0.05) is 29.8 Å². The number of aliphatic hydroxyl groups is 1. The van der Waals surface area contributed by atoms with Gasteiger partial charge in [0.2, 0.25) is 0 Å². The summed E-state index contributed by atoms with van der Waals surface area (Å²) in [6.07, 6.45) is -13.9. The molecule has 5 nitrogen and oxygen atoms in total. The molecule has 23 heavy (non-hydrogen) atoms. The number of carbonyl (C=O) groups is 2. The van der Waals surface area contributed by atoms with Crippen LogP contribution in [0.25, 0.3) is 0 Å². The Hall–Kier alpha value is -1.59. The smallest absolute Gasteiger partial charge is 0.408 e. The van der Waals surface area contributed by atoms with Gasteiger partial charge in [-0.3, -0.25) is 4.79 Å². The molecule has 1 saturated carbocycles. The molecule has 2 atom stereocenters. The standard InChI is InChI=1S/C17H22ClNO4/c1-16(2,3)23-15(22)19-17(10-6-9-13(20)14(17)21)11-7-4-5-8-12(11)18/h4-5,7-8,13,20H,6,9-10H2,1-3H3,(H,19,22)/i6D2,9D2,10D2. The van der Waals surface area contributed by atoms with E-state index in [2.05, 4.69) is 5.32 Å². The second kappa shape index (κ2) is 6.49. The lowest BCUT2D eigenvalue weighted by Crippen LogP contribution is -2.58. The predicted octanol–water partition coefficient (Wildman–Crippen LogP) is 3.17. The van der Waals surface area contributed by atoms with Crippen LogP contribution in [0, 0.1) is 0 Å². The van der Waals surface area contributed by atoms with Crippen molar-refractivity contribution in [3.63, 3.8) is 0 Å². The zero-order chi connectivity index (χ0) is 22.6. The molecule has 2 unspecified atom stereocenters. The van der Waals surface area contributed by atoms with Crippen LogP contribution in [0.1, 0.15) is 53.7 Å². The summed E-state index contributed by atoms with van der Waals surface area (Å²) in [6, 6.07) is 5.34. The van der Waals surface area contributed by atoms with Crippen molar-refractivity contribution in [2.45, 2.75) is 57.1 Å². The third kappa shape index (κ3) is 3.85. The Morgan fingerprint density at radius 3 is 2.74 bits per heavy atom. The molecule has 1 amide bonds. The first-order chi connectivity index (χ1) is 12.9. The molecule has 1 fully saturated rings. The Morgan fingerprint density at radius 2 is 2.13 bits per heavy atom. The molecule has 2 rings (SSSR count). The minimum absolute atomic E-state index is 0.189. The predicted molar refractivity (Wildman–Crippen MR) is 87.4 cm³/mol. The lowest BCUT2D eigenvalue weighted by atomic mass is 9.74. The Balaban J connectivity index is 2.84. The summed E-state index contributed by atoms with van der Waals surface area (Å²) in [5.41, 5.74) is -4.23. The van der Waals surface area contributed by atoms with Gasteiger partial charge >= 0.3 is 6.09 Å². The molecule has 2 N–H and O–H groups in total. The molecule has 0 aromatic heterocycles. The molecule has 0 heterocycles. The highest BCUT2D eigenvalue weighted by Crippen LogP contribution is 2.38. The van der Waals surface area contributed by atoms with Gasteiger partial charge in [0.15, 0.2) is 5.78 Å². The van der Waals surface area contributed by atoms with E-state index in [0.717, 1.165) is 0 Å². The van der Waals surface area contributed by atoms with Gasteiger partial charge in [-0.15, -0.1) is 0 Å². The van der Waals surface area contributed by atoms with Crippen molar-refractivity contribution in [3.8, 4) is 0 Å². The molecule has 0 aliphatic heterocycles. The van der Waals surface area contributed by atoms with Crippen LogP contribution in [0.4, 0.5) is 4.79 Å². The summed E-state index contributed by atoms with van der Waals surface area (Å²) in [5.74, 6) is -1.48. The van der Waals surface area contributed by atoms with E-state index in [1.165, 1.54) is 45.0 Å². The molecule has 6 heteroatoms. The quantitative estimate of drug-likeness (QED) is 0.863. The number of nitrogens with one attached hydrogen (secondary N) is 1. The van der Waals surface area contributed by atoms with E-state index in [1.807, 2.05) is 0 Å². The van der Waals surface area contributed by atoms with E-state index in [-0.39, 0.29) is 10.6 Å². The van der Waals surface area contributed by atoms with Gasteiger partial charge in [0.05, 0.1) is 0 Å². The van der Waals surface area contributed by atoms with Crippen molar-refractivity contribution in [1.29, 1.82) is 0 Å². The van der Waals surface area contributed by atoms with Crippen LogP contribution < -0.4 is 5.32 Å². The number of hydrogen-bond donors (Lipinski definition) is 2. The summed E-state index contributed by atoms with van der Waals surface area (Å²) >= 11 is 6.16. The molecule has 1 aliphatic carbocycles. The minimum atomic E-state index is -3.42. The first-order valence-electron chi connectivity index (χ1n) is 9.92. The summed E-state index contributed by atoms with van der Waals surface area (Å²) in [6.45, 7) is 4.58. The van der Waals surface area contributed by atoms with E-state index >= 15 is 0 Å². The van der Waals surface area contributed by atoms with E-state index in [0.29, 0.717) is 0 Å². The van der Waals surface area contributed by atoms with Gasteiger partial charge in [-0.05, 0) is 46.0 Å². The maximum absolute atomic E-state index is 13.2. The van der Waals surface area contributed by atoms with Crippen LogP contribution in [-0.4, -0.2) is 28.7 Å². The second-order valence-electron chi connectivity index (χ2n) is 6.02. The number of ether oxygens (including phenoxy) is 1. The fourth-order valence-electron chi connectivity index (χ4n) is 2.11. The van der Waals surface area contributed by atoms with Crippen LogP contribution in [-0.2, 0) is 15.1 Å². The molecule has 1 aromatic carbocycles. The van der Waals surface area contributed by atoms with Crippen LogP contribution >= 0.6 is 11.6 Å².